The van der Waals surface area contributed by atoms with E-state index in [0.717, 1.165) is 28.5 Å². The van der Waals surface area contributed by atoms with Crippen molar-refractivity contribution in [2.75, 3.05) is 12.5 Å². The maximum absolute atomic E-state index is 5.36. The first-order chi connectivity index (χ1) is 8.36. The summed E-state index contributed by atoms with van der Waals surface area (Å²) in [5, 5.41) is 0. The molecule has 0 saturated carbocycles. The van der Waals surface area contributed by atoms with Crippen LogP contribution in [0.4, 0.5) is 0 Å². The Morgan fingerprint density at radius 3 is 3.06 bits per heavy atom. The second-order valence-corrected chi connectivity index (χ2v) is 5.90. The second kappa shape index (κ2) is 4.58. The number of benzene rings is 1. The molecule has 5 heteroatoms. The molecule has 3 nitrogen and oxygen atoms in total. The molecule has 0 aliphatic carbocycles. The highest BCUT2D eigenvalue weighted by Gasteiger charge is 2.14. The molecule has 0 saturated heterocycles. The van der Waals surface area contributed by atoms with E-state index < -0.39 is 0 Å². The minimum atomic E-state index is 0.312. The van der Waals surface area contributed by atoms with Gasteiger partial charge in [-0.25, -0.2) is 0 Å². The number of ether oxygens (including phenoxy) is 2. The van der Waals surface area contributed by atoms with Gasteiger partial charge in [0.05, 0.1) is 9.90 Å². The maximum atomic E-state index is 5.36. The molecule has 1 aromatic heterocycles. The van der Waals surface area contributed by atoms with Crippen LogP contribution in [0.15, 0.2) is 28.5 Å². The zero-order valence-electron chi connectivity index (χ0n) is 9.30. The summed E-state index contributed by atoms with van der Waals surface area (Å²) < 4.78 is 16.4. The standard InChI is InChI=1S/C12H11NO2S2/c1-2-16-12-6-9(13-17-12)8-3-4-10-11(5-8)15-7-14-10/h3-6H,2,7H2,1H3. The predicted molar refractivity (Wildman–Crippen MR) is 70.1 cm³/mol. The van der Waals surface area contributed by atoms with Crippen molar-refractivity contribution in [2.45, 2.75) is 11.1 Å². The first-order valence-corrected chi connectivity index (χ1v) is 7.12. The normalized spacial score (nSPS) is 13.0. The fourth-order valence-electron chi connectivity index (χ4n) is 1.66. The number of thioether (sulfide) groups is 1. The van der Waals surface area contributed by atoms with Crippen molar-refractivity contribution in [1.29, 1.82) is 0 Å². The van der Waals surface area contributed by atoms with E-state index in [9.17, 15) is 0 Å². The van der Waals surface area contributed by atoms with Crippen molar-refractivity contribution in [3.63, 3.8) is 0 Å². The van der Waals surface area contributed by atoms with Gasteiger partial charge in [0.1, 0.15) is 0 Å². The molecule has 0 fully saturated rings. The van der Waals surface area contributed by atoms with Gasteiger partial charge in [0.2, 0.25) is 6.79 Å². The van der Waals surface area contributed by atoms with Crippen LogP contribution in [0.5, 0.6) is 11.5 Å². The Balaban J connectivity index is 1.92. The fraction of sp³-hybridized carbons (Fsp3) is 0.250. The van der Waals surface area contributed by atoms with Gasteiger partial charge in [0, 0.05) is 5.56 Å². The van der Waals surface area contributed by atoms with Gasteiger partial charge in [-0.2, -0.15) is 4.37 Å². The first-order valence-electron chi connectivity index (χ1n) is 5.36. The van der Waals surface area contributed by atoms with Gasteiger partial charge in [-0.15, -0.1) is 11.8 Å². The second-order valence-electron chi connectivity index (χ2n) is 3.53. The average Bonchev–Trinajstić information content (AvgIpc) is 2.96. The largest absolute Gasteiger partial charge is 0.454 e. The molecule has 1 aliphatic rings. The first kappa shape index (κ1) is 10.9. The van der Waals surface area contributed by atoms with Crippen LogP contribution >= 0.6 is 23.3 Å². The third-order valence-corrected chi connectivity index (χ3v) is 4.30. The van der Waals surface area contributed by atoms with Crippen LogP contribution in [0.3, 0.4) is 0 Å². The van der Waals surface area contributed by atoms with Crippen LogP contribution in [0, 0.1) is 0 Å². The highest BCUT2D eigenvalue weighted by atomic mass is 32.2. The van der Waals surface area contributed by atoms with Gasteiger partial charge in [0.15, 0.2) is 11.5 Å². The maximum Gasteiger partial charge on any atom is 0.231 e. The summed E-state index contributed by atoms with van der Waals surface area (Å²) in [4.78, 5) is 0. The van der Waals surface area contributed by atoms with Crippen LogP contribution in [0.2, 0.25) is 0 Å². The van der Waals surface area contributed by atoms with Crippen LogP contribution in [0.1, 0.15) is 6.92 Å². The number of hydrogen-bond acceptors (Lipinski definition) is 5. The summed E-state index contributed by atoms with van der Waals surface area (Å²) >= 11 is 3.36. The van der Waals surface area contributed by atoms with Gasteiger partial charge >= 0.3 is 0 Å². The van der Waals surface area contributed by atoms with E-state index in [2.05, 4.69) is 17.4 Å². The highest BCUT2D eigenvalue weighted by Crippen LogP contribution is 2.37. The van der Waals surface area contributed by atoms with Crippen molar-refractivity contribution < 1.29 is 9.47 Å². The van der Waals surface area contributed by atoms with Crippen molar-refractivity contribution in [2.24, 2.45) is 0 Å². The summed E-state index contributed by atoms with van der Waals surface area (Å²) in [5.74, 6) is 2.69. The van der Waals surface area contributed by atoms with Crippen LogP contribution in [-0.4, -0.2) is 16.9 Å². The molecule has 0 radical (unpaired) electrons. The Morgan fingerprint density at radius 1 is 1.29 bits per heavy atom. The smallest absolute Gasteiger partial charge is 0.231 e. The molecule has 0 N–H and O–H groups in total. The molecular weight excluding hydrogens is 254 g/mol. The molecule has 0 unspecified atom stereocenters. The van der Waals surface area contributed by atoms with E-state index in [-0.39, 0.29) is 0 Å². The lowest BCUT2D eigenvalue weighted by molar-refractivity contribution is 0.174. The summed E-state index contributed by atoms with van der Waals surface area (Å²) in [6.45, 7) is 2.46. The van der Waals surface area contributed by atoms with E-state index in [4.69, 9.17) is 9.47 Å². The van der Waals surface area contributed by atoms with Crippen molar-refractivity contribution in [1.82, 2.24) is 4.37 Å². The third kappa shape index (κ3) is 2.12. The molecular formula is C12H11NO2S2. The molecule has 2 heterocycles. The molecule has 0 amide bonds. The molecule has 0 spiro atoms. The Hall–Kier alpha value is -1.20. The minimum Gasteiger partial charge on any atom is -0.454 e. The topological polar surface area (TPSA) is 31.4 Å². The van der Waals surface area contributed by atoms with Gasteiger partial charge in [0.25, 0.3) is 0 Å². The molecule has 3 rings (SSSR count). The van der Waals surface area contributed by atoms with E-state index in [1.165, 1.54) is 4.21 Å². The van der Waals surface area contributed by atoms with Crippen LogP contribution < -0.4 is 9.47 Å². The molecule has 17 heavy (non-hydrogen) atoms. The van der Waals surface area contributed by atoms with Gasteiger partial charge in [-0.3, -0.25) is 0 Å². The summed E-state index contributed by atoms with van der Waals surface area (Å²) in [6.07, 6.45) is 0. The van der Waals surface area contributed by atoms with Gasteiger partial charge < -0.3 is 9.47 Å². The Bertz CT molecular complexity index is 539. The van der Waals surface area contributed by atoms with Crippen molar-refractivity contribution in [3.8, 4) is 22.8 Å². The SMILES string of the molecule is CCSc1cc(-c2ccc3c(c2)OCO3)ns1. The van der Waals surface area contributed by atoms with Crippen LogP contribution in [0.25, 0.3) is 11.3 Å². The fourth-order valence-corrected chi connectivity index (χ4v) is 3.33. The molecule has 1 aliphatic heterocycles. The summed E-state index contributed by atoms with van der Waals surface area (Å²) in [6, 6.07) is 8.06. The third-order valence-electron chi connectivity index (χ3n) is 2.44. The Labute approximate surface area is 108 Å². The number of nitrogens with zero attached hydrogens (tertiary/aromatic N) is 1. The molecule has 88 valence electrons. The number of fused-ring (bicyclic) bond motifs is 1. The lowest BCUT2D eigenvalue weighted by Crippen LogP contribution is -1.92. The van der Waals surface area contributed by atoms with Crippen molar-refractivity contribution >= 4 is 23.3 Å². The Kier molecular flexibility index (Phi) is 2.94. The lowest BCUT2D eigenvalue weighted by atomic mass is 10.1. The quantitative estimate of drug-likeness (QED) is 0.793. The number of aromatic nitrogens is 1. The minimum absolute atomic E-state index is 0.312. The summed E-state index contributed by atoms with van der Waals surface area (Å²) in [5.41, 5.74) is 2.08. The zero-order valence-corrected chi connectivity index (χ0v) is 10.9. The highest BCUT2D eigenvalue weighted by molar-refractivity contribution is 8.01. The van der Waals surface area contributed by atoms with Crippen LogP contribution in [-0.2, 0) is 0 Å². The van der Waals surface area contributed by atoms with Crippen molar-refractivity contribution in [3.05, 3.63) is 24.3 Å². The van der Waals surface area contributed by atoms with E-state index in [0.29, 0.717) is 6.79 Å². The molecule has 2 aromatic rings. The molecule has 0 bridgehead atoms. The van der Waals surface area contributed by atoms with Gasteiger partial charge in [-0.1, -0.05) is 6.92 Å². The van der Waals surface area contributed by atoms with E-state index in [1.54, 1.807) is 11.5 Å². The zero-order chi connectivity index (χ0) is 11.7. The molecule has 1 aromatic carbocycles. The number of hydrogen-bond donors (Lipinski definition) is 0. The predicted octanol–water partition coefficient (Wildman–Crippen LogP) is 3.65. The van der Waals surface area contributed by atoms with Gasteiger partial charge in [-0.05, 0) is 41.6 Å². The average molecular weight is 265 g/mol. The van der Waals surface area contributed by atoms with E-state index in [1.807, 2.05) is 30.0 Å². The summed E-state index contributed by atoms with van der Waals surface area (Å²) in [7, 11) is 0. The monoisotopic (exact) mass is 265 g/mol. The number of rotatable bonds is 3. The lowest BCUT2D eigenvalue weighted by Gasteiger charge is -1.98. The van der Waals surface area contributed by atoms with E-state index >= 15 is 0 Å². The molecule has 0 atom stereocenters. The Morgan fingerprint density at radius 2 is 2.18 bits per heavy atom.